The Kier molecular flexibility index (Phi) is 4.51. The molecule has 9 heteroatoms. The van der Waals surface area contributed by atoms with Crippen LogP contribution in [0.4, 0.5) is 24.8 Å². The second-order valence-corrected chi connectivity index (χ2v) is 6.58. The van der Waals surface area contributed by atoms with Gasteiger partial charge in [0.25, 0.3) is 0 Å². The SMILES string of the molecule is FC(F)(F)c1nc(N2CCN(c3ncccc3Cl)CC2)c2ccccc2n1. The van der Waals surface area contributed by atoms with Crippen molar-refractivity contribution >= 4 is 34.1 Å². The zero-order chi connectivity index (χ0) is 19.0. The summed E-state index contributed by atoms with van der Waals surface area (Å²) in [6.07, 6.45) is -2.93. The number of fused-ring (bicyclic) bond motifs is 1. The van der Waals surface area contributed by atoms with Crippen LogP contribution >= 0.6 is 11.6 Å². The monoisotopic (exact) mass is 393 g/mol. The Bertz CT molecular complexity index is 971. The molecule has 1 aliphatic rings. The van der Waals surface area contributed by atoms with E-state index >= 15 is 0 Å². The highest BCUT2D eigenvalue weighted by Crippen LogP contribution is 2.32. The Balaban J connectivity index is 1.65. The van der Waals surface area contributed by atoms with Gasteiger partial charge in [0, 0.05) is 37.8 Å². The number of rotatable bonds is 2. The van der Waals surface area contributed by atoms with Gasteiger partial charge in [-0.05, 0) is 24.3 Å². The summed E-state index contributed by atoms with van der Waals surface area (Å²) >= 11 is 6.20. The van der Waals surface area contributed by atoms with Crippen LogP contribution in [0.1, 0.15) is 5.82 Å². The molecule has 3 heterocycles. The summed E-state index contributed by atoms with van der Waals surface area (Å²) in [6, 6.07) is 10.3. The number of anilines is 2. The van der Waals surface area contributed by atoms with Crippen molar-refractivity contribution in [3.8, 4) is 0 Å². The number of para-hydroxylation sites is 1. The fourth-order valence-electron chi connectivity index (χ4n) is 3.17. The molecule has 2 aromatic heterocycles. The first kappa shape index (κ1) is 17.8. The van der Waals surface area contributed by atoms with E-state index in [9.17, 15) is 13.2 Å². The van der Waals surface area contributed by atoms with Gasteiger partial charge in [-0.1, -0.05) is 23.7 Å². The van der Waals surface area contributed by atoms with Crippen LogP contribution in [0, 0.1) is 0 Å². The molecule has 5 nitrogen and oxygen atoms in total. The first-order valence-corrected chi connectivity index (χ1v) is 8.75. The Morgan fingerprint density at radius 3 is 2.19 bits per heavy atom. The molecule has 0 bridgehead atoms. The van der Waals surface area contributed by atoms with Gasteiger partial charge >= 0.3 is 6.18 Å². The molecule has 1 aliphatic heterocycles. The average Bonchev–Trinajstić information content (AvgIpc) is 2.67. The van der Waals surface area contributed by atoms with Gasteiger partial charge in [-0.3, -0.25) is 0 Å². The molecule has 27 heavy (non-hydrogen) atoms. The molecule has 0 saturated carbocycles. The molecule has 0 spiro atoms. The molecule has 0 aliphatic carbocycles. The molecule has 1 fully saturated rings. The fraction of sp³-hybridized carbons (Fsp3) is 0.278. The smallest absolute Gasteiger partial charge is 0.352 e. The molecular formula is C18H15ClF3N5. The van der Waals surface area contributed by atoms with Gasteiger partial charge in [-0.15, -0.1) is 0 Å². The average molecular weight is 394 g/mol. The van der Waals surface area contributed by atoms with E-state index in [1.54, 1.807) is 42.6 Å². The number of nitrogens with zero attached hydrogens (tertiary/aromatic N) is 5. The second kappa shape index (κ2) is 6.84. The molecule has 0 amide bonds. The topological polar surface area (TPSA) is 45.2 Å². The van der Waals surface area contributed by atoms with Crippen molar-refractivity contribution in [2.24, 2.45) is 0 Å². The predicted molar refractivity (Wildman–Crippen MR) is 98.2 cm³/mol. The van der Waals surface area contributed by atoms with E-state index < -0.39 is 12.0 Å². The molecular weight excluding hydrogens is 379 g/mol. The quantitative estimate of drug-likeness (QED) is 0.658. The van der Waals surface area contributed by atoms with Crippen LogP contribution in [0.15, 0.2) is 42.6 Å². The predicted octanol–water partition coefficient (Wildman–Crippen LogP) is 4.02. The number of hydrogen-bond donors (Lipinski definition) is 0. The third-order valence-corrected chi connectivity index (χ3v) is 4.75. The van der Waals surface area contributed by atoms with Crippen LogP contribution < -0.4 is 9.80 Å². The van der Waals surface area contributed by atoms with E-state index in [0.29, 0.717) is 48.2 Å². The van der Waals surface area contributed by atoms with Crippen molar-refractivity contribution in [2.45, 2.75) is 6.18 Å². The summed E-state index contributed by atoms with van der Waals surface area (Å²) in [6.45, 7) is 2.17. The van der Waals surface area contributed by atoms with Crippen molar-refractivity contribution in [1.29, 1.82) is 0 Å². The van der Waals surface area contributed by atoms with Gasteiger partial charge < -0.3 is 9.80 Å². The summed E-state index contributed by atoms with van der Waals surface area (Å²) in [5.41, 5.74) is 0.282. The largest absolute Gasteiger partial charge is 0.451 e. The minimum atomic E-state index is -4.60. The maximum atomic E-state index is 13.2. The minimum absolute atomic E-state index is 0.282. The Labute approximate surface area is 158 Å². The first-order valence-electron chi connectivity index (χ1n) is 8.38. The number of halogens is 4. The van der Waals surface area contributed by atoms with Crippen LogP contribution in [0.25, 0.3) is 10.9 Å². The first-order chi connectivity index (χ1) is 12.9. The fourth-order valence-corrected chi connectivity index (χ4v) is 3.41. The van der Waals surface area contributed by atoms with Gasteiger partial charge in [0.1, 0.15) is 11.6 Å². The van der Waals surface area contributed by atoms with Crippen molar-refractivity contribution < 1.29 is 13.2 Å². The second-order valence-electron chi connectivity index (χ2n) is 6.17. The number of aromatic nitrogens is 3. The van der Waals surface area contributed by atoms with Gasteiger partial charge in [0.05, 0.1) is 10.5 Å². The molecule has 1 saturated heterocycles. The summed E-state index contributed by atoms with van der Waals surface area (Å²) < 4.78 is 39.6. The number of pyridine rings is 1. The summed E-state index contributed by atoms with van der Waals surface area (Å²) in [7, 11) is 0. The Hall–Kier alpha value is -2.61. The Morgan fingerprint density at radius 2 is 1.52 bits per heavy atom. The zero-order valence-electron chi connectivity index (χ0n) is 14.1. The lowest BCUT2D eigenvalue weighted by molar-refractivity contribution is -0.144. The summed E-state index contributed by atoms with van der Waals surface area (Å²) in [5, 5.41) is 1.16. The van der Waals surface area contributed by atoms with Crippen molar-refractivity contribution in [3.05, 3.63) is 53.4 Å². The zero-order valence-corrected chi connectivity index (χ0v) is 14.9. The van der Waals surface area contributed by atoms with Crippen LogP contribution in [-0.2, 0) is 6.18 Å². The molecule has 140 valence electrons. The number of piperazine rings is 1. The van der Waals surface area contributed by atoms with Crippen molar-refractivity contribution in [2.75, 3.05) is 36.0 Å². The van der Waals surface area contributed by atoms with Crippen LogP contribution in [0.5, 0.6) is 0 Å². The lowest BCUT2D eigenvalue weighted by atomic mass is 10.2. The van der Waals surface area contributed by atoms with E-state index in [-0.39, 0.29) is 5.52 Å². The molecule has 4 rings (SSSR count). The van der Waals surface area contributed by atoms with E-state index in [4.69, 9.17) is 11.6 Å². The molecule has 0 N–H and O–H groups in total. The van der Waals surface area contributed by atoms with E-state index in [2.05, 4.69) is 15.0 Å². The summed E-state index contributed by atoms with van der Waals surface area (Å²) in [4.78, 5) is 15.7. The summed E-state index contributed by atoms with van der Waals surface area (Å²) in [5.74, 6) is -0.131. The highest BCUT2D eigenvalue weighted by atomic mass is 35.5. The molecule has 3 aromatic rings. The molecule has 0 radical (unpaired) electrons. The molecule has 0 atom stereocenters. The maximum Gasteiger partial charge on any atom is 0.451 e. The van der Waals surface area contributed by atoms with Crippen LogP contribution in [0.2, 0.25) is 5.02 Å². The highest BCUT2D eigenvalue weighted by molar-refractivity contribution is 6.32. The van der Waals surface area contributed by atoms with Gasteiger partial charge in [-0.2, -0.15) is 13.2 Å². The Morgan fingerprint density at radius 1 is 0.852 bits per heavy atom. The normalized spacial score (nSPS) is 15.4. The van der Waals surface area contributed by atoms with Crippen molar-refractivity contribution in [1.82, 2.24) is 15.0 Å². The van der Waals surface area contributed by atoms with Gasteiger partial charge in [-0.25, -0.2) is 15.0 Å². The van der Waals surface area contributed by atoms with E-state index in [0.717, 1.165) is 0 Å². The molecule has 1 aromatic carbocycles. The number of hydrogen-bond acceptors (Lipinski definition) is 5. The van der Waals surface area contributed by atoms with E-state index in [1.807, 2.05) is 9.80 Å². The van der Waals surface area contributed by atoms with Gasteiger partial charge in [0.2, 0.25) is 5.82 Å². The standard InChI is InChI=1S/C18H15ClF3N5/c19-13-5-3-7-23-16(13)27-10-8-26(9-11-27)15-12-4-1-2-6-14(12)24-17(25-15)18(20,21)22/h1-7H,8-11H2. The van der Waals surface area contributed by atoms with Gasteiger partial charge in [0.15, 0.2) is 0 Å². The van der Waals surface area contributed by atoms with Crippen LogP contribution in [-0.4, -0.2) is 41.1 Å². The number of alkyl halides is 3. The third kappa shape index (κ3) is 3.49. The maximum absolute atomic E-state index is 13.2. The lowest BCUT2D eigenvalue weighted by Crippen LogP contribution is -2.47. The molecule has 0 unspecified atom stereocenters. The third-order valence-electron chi connectivity index (χ3n) is 4.45. The van der Waals surface area contributed by atoms with E-state index in [1.165, 1.54) is 0 Å². The van der Waals surface area contributed by atoms with Crippen molar-refractivity contribution in [3.63, 3.8) is 0 Å². The number of benzene rings is 1. The minimum Gasteiger partial charge on any atom is -0.352 e. The van der Waals surface area contributed by atoms with Crippen LogP contribution in [0.3, 0.4) is 0 Å². The lowest BCUT2D eigenvalue weighted by Gasteiger charge is -2.36. The highest BCUT2D eigenvalue weighted by Gasteiger charge is 2.36.